The molecule has 0 radical (unpaired) electrons. The summed E-state index contributed by atoms with van der Waals surface area (Å²) >= 11 is 0. The minimum absolute atomic E-state index is 0.0387. The quantitative estimate of drug-likeness (QED) is 0.626. The first-order valence-electron chi connectivity index (χ1n) is 9.60. The zero-order valence-corrected chi connectivity index (χ0v) is 16.1. The summed E-state index contributed by atoms with van der Waals surface area (Å²) in [6, 6.07) is 15.5. The molecule has 0 saturated carbocycles. The average Bonchev–Trinajstić information content (AvgIpc) is 2.99. The lowest BCUT2D eigenvalue weighted by Gasteiger charge is -2.27. The number of ketones is 1. The number of benzene rings is 2. The van der Waals surface area contributed by atoms with Gasteiger partial charge in [0.25, 0.3) is 5.56 Å². The second-order valence-corrected chi connectivity index (χ2v) is 7.76. The van der Waals surface area contributed by atoms with Crippen molar-refractivity contribution in [2.45, 2.75) is 25.7 Å². The van der Waals surface area contributed by atoms with Gasteiger partial charge in [-0.3, -0.25) is 14.6 Å². The third kappa shape index (κ3) is 2.52. The van der Waals surface area contributed by atoms with Crippen LogP contribution in [-0.2, 0) is 0 Å². The van der Waals surface area contributed by atoms with Crippen molar-refractivity contribution in [2.24, 2.45) is 0 Å². The first kappa shape index (κ1) is 17.4. The maximum atomic E-state index is 13.3. The van der Waals surface area contributed by atoms with Gasteiger partial charge >= 0.3 is 0 Å². The number of hydrogen-bond acceptors (Lipinski definition) is 5. The molecule has 144 valence electrons. The van der Waals surface area contributed by atoms with Crippen LogP contribution in [0.5, 0.6) is 0 Å². The summed E-state index contributed by atoms with van der Waals surface area (Å²) in [6.45, 7) is 4.26. The monoisotopic (exact) mass is 384 g/mol. The van der Waals surface area contributed by atoms with Gasteiger partial charge in [0.15, 0.2) is 5.78 Å². The number of Topliss-reactive ketones (excluding diaryl/α,β-unsaturated/α-hetero) is 1. The van der Waals surface area contributed by atoms with Crippen LogP contribution in [0.1, 0.15) is 58.3 Å². The number of nitrogens with one attached hydrogen (secondary N) is 2. The third-order valence-electron chi connectivity index (χ3n) is 5.69. The van der Waals surface area contributed by atoms with Gasteiger partial charge in [-0.05, 0) is 17.0 Å². The van der Waals surface area contributed by atoms with Gasteiger partial charge in [0.2, 0.25) is 5.95 Å². The Kier molecular flexibility index (Phi) is 3.71. The van der Waals surface area contributed by atoms with E-state index in [9.17, 15) is 9.59 Å². The Morgan fingerprint density at radius 2 is 1.69 bits per heavy atom. The first-order chi connectivity index (χ1) is 14.0. The summed E-state index contributed by atoms with van der Waals surface area (Å²) in [7, 11) is 0. The molecule has 1 aromatic heterocycles. The number of carbonyl (C=O) groups is 1. The molecule has 6 heteroatoms. The number of anilines is 2. The number of aromatic amines is 1. The number of nitrogens with zero attached hydrogens (tertiary/aromatic N) is 1. The van der Waals surface area contributed by atoms with Crippen molar-refractivity contribution < 1.29 is 4.79 Å². The van der Waals surface area contributed by atoms with Gasteiger partial charge in [-0.2, -0.15) is 4.98 Å². The number of aromatic nitrogens is 2. The molecule has 0 saturated heterocycles. The summed E-state index contributed by atoms with van der Waals surface area (Å²) in [4.78, 5) is 33.1. The van der Waals surface area contributed by atoms with E-state index in [2.05, 4.69) is 29.1 Å². The number of allylic oxidation sites excluding steroid dienone is 1. The van der Waals surface area contributed by atoms with E-state index in [1.54, 1.807) is 0 Å². The number of nitrogen functional groups attached to an aromatic ring is 1. The van der Waals surface area contributed by atoms with E-state index in [0.717, 1.165) is 11.1 Å². The van der Waals surface area contributed by atoms with Crippen LogP contribution < -0.4 is 16.6 Å². The number of rotatable bonds is 2. The van der Waals surface area contributed by atoms with Crippen LogP contribution >= 0.6 is 0 Å². The summed E-state index contributed by atoms with van der Waals surface area (Å²) in [5.41, 5.74) is 10.7. The summed E-state index contributed by atoms with van der Waals surface area (Å²) in [5.74, 6) is 0.243. The molecule has 29 heavy (non-hydrogen) atoms. The van der Waals surface area contributed by atoms with Crippen LogP contribution in [0.15, 0.2) is 58.9 Å². The Morgan fingerprint density at radius 1 is 1.00 bits per heavy atom. The molecule has 6 nitrogen and oxygen atoms in total. The Morgan fingerprint density at radius 3 is 2.38 bits per heavy atom. The highest BCUT2D eigenvalue weighted by Crippen LogP contribution is 2.47. The molecule has 0 fully saturated rings. The van der Waals surface area contributed by atoms with E-state index in [4.69, 9.17) is 5.73 Å². The number of hydrogen-bond donors (Lipinski definition) is 3. The lowest BCUT2D eigenvalue weighted by Crippen LogP contribution is -2.28. The van der Waals surface area contributed by atoms with E-state index < -0.39 is 5.92 Å². The van der Waals surface area contributed by atoms with Gasteiger partial charge in [-0.25, -0.2) is 0 Å². The zero-order chi connectivity index (χ0) is 20.3. The Bertz CT molecular complexity index is 1250. The highest BCUT2D eigenvalue weighted by molar-refractivity contribution is 6.23. The average molecular weight is 384 g/mol. The Labute approximate surface area is 167 Å². The minimum atomic E-state index is -0.515. The zero-order valence-electron chi connectivity index (χ0n) is 16.1. The van der Waals surface area contributed by atoms with Crippen LogP contribution in [0.25, 0.3) is 5.70 Å². The SMILES string of the molecule is CC(C)c1ccc(C2C3=C(Nc4nc(N)[nH]c(=O)c42)c2ccccc2C3=O)cc1. The predicted octanol–water partition coefficient (Wildman–Crippen LogP) is 3.64. The van der Waals surface area contributed by atoms with Crippen molar-refractivity contribution in [1.82, 2.24) is 9.97 Å². The maximum Gasteiger partial charge on any atom is 0.258 e. The van der Waals surface area contributed by atoms with Gasteiger partial charge in [0, 0.05) is 22.6 Å². The van der Waals surface area contributed by atoms with Crippen molar-refractivity contribution in [2.75, 3.05) is 11.1 Å². The van der Waals surface area contributed by atoms with E-state index >= 15 is 0 Å². The first-order valence-corrected chi connectivity index (χ1v) is 9.60. The maximum absolute atomic E-state index is 13.3. The molecule has 5 rings (SSSR count). The highest BCUT2D eigenvalue weighted by atomic mass is 16.1. The number of H-pyrrole nitrogens is 1. The van der Waals surface area contributed by atoms with E-state index in [1.165, 1.54) is 5.56 Å². The van der Waals surface area contributed by atoms with Gasteiger partial charge in [-0.15, -0.1) is 0 Å². The fraction of sp³-hybridized carbons (Fsp3) is 0.174. The molecule has 1 aliphatic carbocycles. The van der Waals surface area contributed by atoms with E-state index in [0.29, 0.717) is 34.1 Å². The number of nitrogens with two attached hydrogens (primary N) is 1. The second kappa shape index (κ2) is 6.17. The van der Waals surface area contributed by atoms with Gasteiger partial charge in [0.1, 0.15) is 5.82 Å². The Balaban J connectivity index is 1.77. The van der Waals surface area contributed by atoms with Crippen LogP contribution in [0.2, 0.25) is 0 Å². The number of fused-ring (bicyclic) bond motifs is 3. The van der Waals surface area contributed by atoms with E-state index in [-0.39, 0.29) is 17.3 Å². The summed E-state index contributed by atoms with van der Waals surface area (Å²) in [5, 5.41) is 3.20. The molecule has 1 unspecified atom stereocenters. The third-order valence-corrected chi connectivity index (χ3v) is 5.69. The van der Waals surface area contributed by atoms with Crippen molar-refractivity contribution in [3.63, 3.8) is 0 Å². The molecule has 2 heterocycles. The van der Waals surface area contributed by atoms with Crippen LogP contribution in [0.4, 0.5) is 11.8 Å². The van der Waals surface area contributed by atoms with Gasteiger partial charge < -0.3 is 11.1 Å². The predicted molar refractivity (Wildman–Crippen MR) is 113 cm³/mol. The molecule has 1 aliphatic heterocycles. The smallest absolute Gasteiger partial charge is 0.258 e. The molecule has 0 amide bonds. The standard InChI is InChI=1S/C23H20N4O2/c1-11(2)12-7-9-13(10-8-12)16-17-19(14-5-3-4-6-15(14)20(17)28)25-21-18(16)22(29)27-23(24)26-21/h3-11,16H,1-2H3,(H4,24,25,26,27,29). The molecular formula is C23H20N4O2. The van der Waals surface area contributed by atoms with Crippen LogP contribution in [-0.4, -0.2) is 15.8 Å². The normalized spacial score (nSPS) is 17.1. The summed E-state index contributed by atoms with van der Waals surface area (Å²) < 4.78 is 0. The minimum Gasteiger partial charge on any atom is -0.369 e. The van der Waals surface area contributed by atoms with Crippen molar-refractivity contribution in [1.29, 1.82) is 0 Å². The lowest BCUT2D eigenvalue weighted by atomic mass is 9.81. The van der Waals surface area contributed by atoms with Crippen LogP contribution in [0, 0.1) is 0 Å². The molecule has 4 N–H and O–H groups in total. The fourth-order valence-electron chi connectivity index (χ4n) is 4.25. The van der Waals surface area contributed by atoms with Crippen molar-refractivity contribution >= 4 is 23.2 Å². The topological polar surface area (TPSA) is 101 Å². The van der Waals surface area contributed by atoms with Gasteiger partial charge in [-0.1, -0.05) is 62.4 Å². The largest absolute Gasteiger partial charge is 0.369 e. The molecule has 2 aromatic carbocycles. The highest BCUT2D eigenvalue weighted by Gasteiger charge is 2.41. The molecule has 1 atom stereocenters. The molecular weight excluding hydrogens is 364 g/mol. The number of carbonyl (C=O) groups excluding carboxylic acids is 1. The molecule has 3 aromatic rings. The Hall–Kier alpha value is -3.67. The lowest BCUT2D eigenvalue weighted by molar-refractivity contribution is 0.103. The van der Waals surface area contributed by atoms with Crippen molar-refractivity contribution in [3.05, 3.63) is 92.3 Å². The molecule has 0 spiro atoms. The second-order valence-electron chi connectivity index (χ2n) is 7.76. The summed E-state index contributed by atoms with van der Waals surface area (Å²) in [6.07, 6.45) is 0. The van der Waals surface area contributed by atoms with E-state index in [1.807, 2.05) is 48.5 Å². The fourth-order valence-corrected chi connectivity index (χ4v) is 4.25. The molecule has 2 aliphatic rings. The van der Waals surface area contributed by atoms with Crippen molar-refractivity contribution in [3.8, 4) is 0 Å². The van der Waals surface area contributed by atoms with Crippen LogP contribution in [0.3, 0.4) is 0 Å². The molecule has 0 bridgehead atoms. The van der Waals surface area contributed by atoms with Gasteiger partial charge in [0.05, 0.1) is 11.3 Å².